The zero-order valence-corrected chi connectivity index (χ0v) is 100. The van der Waals surface area contributed by atoms with Crippen LogP contribution in [0.1, 0.15) is 232 Å². The Morgan fingerprint density at radius 3 is 0.792 bits per heavy atom. The Labute approximate surface area is 875 Å². The highest BCUT2D eigenvalue weighted by Gasteiger charge is 2.38. The van der Waals surface area contributed by atoms with Crippen LogP contribution in [0.5, 0.6) is 0 Å². The van der Waals surface area contributed by atoms with Crippen LogP contribution in [-0.2, 0) is 54.5 Å². The Balaban J connectivity index is 0.000000129. The lowest BCUT2D eigenvalue weighted by molar-refractivity contribution is -0.665. The first-order valence-electron chi connectivity index (χ1n) is 55.9. The third kappa shape index (κ3) is 23.7. The van der Waals surface area contributed by atoms with Crippen molar-refractivity contribution < 1.29 is 22.8 Å². The van der Waals surface area contributed by atoms with E-state index in [1.54, 1.807) is 27.8 Å². The van der Waals surface area contributed by atoms with Crippen LogP contribution < -0.4 is 22.8 Å². The fourth-order valence-electron chi connectivity index (χ4n) is 25.5. The van der Waals surface area contributed by atoms with Crippen LogP contribution >= 0.6 is 0 Å². The molecule has 10 aromatic carbocycles. The second-order valence-electron chi connectivity index (χ2n) is 49.9. The summed E-state index contributed by atoms with van der Waals surface area (Å²) in [6, 6.07) is 95.2. The summed E-state index contributed by atoms with van der Waals surface area (Å²) in [6.07, 6.45) is 17.1. The van der Waals surface area contributed by atoms with Gasteiger partial charge in [0.05, 0.1) is 38.1 Å². The van der Waals surface area contributed by atoms with E-state index in [9.17, 15) is 0 Å². The smallest absolute Gasteiger partial charge is 0.198 e. The molecule has 0 saturated carbocycles. The van der Waals surface area contributed by atoms with Crippen molar-refractivity contribution in [2.24, 2.45) is 35.2 Å². The second-order valence-corrected chi connectivity index (χ2v) is 76.6. The van der Waals surface area contributed by atoms with E-state index in [0.29, 0.717) is 0 Å². The lowest BCUT2D eigenvalue weighted by Crippen LogP contribution is -2.35. The highest BCUT2D eigenvalue weighted by Crippen LogP contribution is 2.48. The van der Waals surface area contributed by atoms with Crippen LogP contribution in [0.2, 0.25) is 126 Å². The number of aryl methyl sites for hydroxylation is 14. The quantitative estimate of drug-likeness (QED) is 0.0810. The van der Waals surface area contributed by atoms with Gasteiger partial charge in [-0.25, -0.2) is 0 Å². The Bertz CT molecular complexity index is 7290. The Hall–Kier alpha value is -9.67. The zero-order valence-electron chi connectivity index (χ0n) is 95.0. The van der Waals surface area contributed by atoms with Crippen molar-refractivity contribution in [1.82, 2.24) is 0 Å². The minimum atomic E-state index is -0.916. The Morgan fingerprint density at radius 2 is 0.486 bits per heavy atom. The first-order chi connectivity index (χ1) is 68.3. The molecule has 5 aliphatic heterocycles. The summed E-state index contributed by atoms with van der Waals surface area (Å²) >= 11 is 0. The molecule has 144 heavy (non-hydrogen) atoms. The maximum absolute atomic E-state index is 2.57. The molecule has 20 rings (SSSR count). The van der Waals surface area contributed by atoms with Crippen molar-refractivity contribution >= 4 is 94.2 Å². The molecule has 0 amide bonds. The summed E-state index contributed by atoms with van der Waals surface area (Å²) < 4.78 is 11.9. The average Bonchev–Trinajstić information content (AvgIpc) is 0.772. The average molecular weight is 2000 g/mol. The predicted molar refractivity (Wildman–Crippen MR) is 638 cm³/mol. The molecule has 754 valence electrons. The highest BCUT2D eigenvalue weighted by atomic mass is 28.3. The van der Waals surface area contributed by atoms with E-state index in [2.05, 4.69) is 441 Å². The fraction of sp³-hybridized carbons (Fsp3) is 0.440. The van der Waals surface area contributed by atoms with Gasteiger partial charge < -0.3 is 0 Å². The molecule has 0 unspecified atom stereocenters. The number of benzene rings is 10. The molecule has 0 atom stereocenters. The molecule has 0 N–H and O–H groups in total. The molecule has 0 radical (unpaired) electrons. The number of fused-ring (bicyclic) bond motifs is 5. The number of nitrogens with zero attached hydrogens (tertiary/aromatic N) is 5. The molecule has 5 aliphatic rings. The highest BCUT2D eigenvalue weighted by molar-refractivity contribution is 6.79. The normalized spacial score (nSPS) is 17.1. The molecule has 5 saturated heterocycles. The first kappa shape index (κ1) is 107. The summed E-state index contributed by atoms with van der Waals surface area (Å²) in [6.45, 7) is 61.5. The number of hydrogen-bond donors (Lipinski definition) is 0. The van der Waals surface area contributed by atoms with Gasteiger partial charge >= 0.3 is 0 Å². The van der Waals surface area contributed by atoms with Crippen LogP contribution in [0.4, 0.5) is 0 Å². The zero-order chi connectivity index (χ0) is 103. The topological polar surface area (TPSA) is 19.4 Å². The Morgan fingerprint density at radius 1 is 0.222 bits per heavy atom. The molecule has 5 nitrogen and oxygen atoms in total. The van der Waals surface area contributed by atoms with Gasteiger partial charge in [0.1, 0.15) is 35.2 Å². The molecule has 10 heteroatoms. The second kappa shape index (κ2) is 44.0. The molecular formula is C134H178N5Si5+5. The van der Waals surface area contributed by atoms with Crippen LogP contribution in [0.3, 0.4) is 0 Å². The third-order valence-electron chi connectivity index (χ3n) is 36.6. The van der Waals surface area contributed by atoms with Gasteiger partial charge in [0.2, 0.25) is 28.5 Å². The van der Waals surface area contributed by atoms with Gasteiger partial charge in [-0.3, -0.25) is 0 Å². The largest absolute Gasteiger partial charge is 0.220 e. The van der Waals surface area contributed by atoms with E-state index in [1.165, 1.54) is 324 Å². The third-order valence-corrected chi connectivity index (χ3v) is 53.0. The van der Waals surface area contributed by atoms with Gasteiger partial charge in [-0.1, -0.05) is 273 Å². The number of aromatic nitrogens is 5. The van der Waals surface area contributed by atoms with Crippen LogP contribution in [0.25, 0.3) is 110 Å². The maximum atomic E-state index is 2.57. The standard InChI is InChI=1S/C29H40NSi.2C27H36NSi.C26H34NSi.C25H32NSi/c1-8-22-17-23(9-2)21(4)28(18-22)29-27-11-10-25(19-26(27)16-20(3)30(29)5)24-12-14-31(6,7)15-13-24;1-18-14-19(2)21(4)26(15-18)27-25-9-8-23(17-24(25)16-20(3)28(27)5)22-10-12-29(6,7)13-11-22;1-7-21-9-8-19(2)26(17-21)27-25-11-10-23(18-24(25)16-20(3)28(27)4)22-12-14-29(5,6)15-13-22;1-18-7-8-19(2)25(15-18)26-24-10-9-22(17-23(24)16-20(3)27(26)4)21-11-13-28(5,6)14-12-21;1-18-8-6-7-9-23(18)25-24-11-10-21(17-22(24)16-19(2)26(25)3)20-12-14-27(4,5)15-13-20/h10-11,16-19,24H,8-9,12-15H2,1-7H3;8-9,14-17,22H,10-13H2,1-7H3;8-11,16-18,22H,7,12-15H2,1-6H3;7-10,15-17,21H,11-14H2,1-6H3;6-11,16-17,20H,12-15H2,1-5H3/q5*+1. The monoisotopic (exact) mass is 2000 g/mol. The van der Waals surface area contributed by atoms with Crippen molar-refractivity contribution in [2.45, 2.75) is 350 Å². The van der Waals surface area contributed by atoms with Gasteiger partial charge in [0.15, 0.2) is 28.5 Å². The summed E-state index contributed by atoms with van der Waals surface area (Å²) in [7, 11) is 6.52. The van der Waals surface area contributed by atoms with E-state index < -0.39 is 40.4 Å². The van der Waals surface area contributed by atoms with E-state index in [0.717, 1.165) is 48.9 Å². The fourth-order valence-corrected chi connectivity index (χ4v) is 38.0. The van der Waals surface area contributed by atoms with Crippen molar-refractivity contribution in [1.29, 1.82) is 0 Å². The Kier molecular flexibility index (Phi) is 32.7. The van der Waals surface area contributed by atoms with Gasteiger partial charge in [-0.15, -0.1) is 0 Å². The number of pyridine rings is 5. The molecule has 0 spiro atoms. The first-order valence-corrected chi connectivity index (χ1v) is 73.0. The lowest BCUT2D eigenvalue weighted by Gasteiger charge is -2.33. The number of rotatable bonds is 13. The molecule has 0 aliphatic carbocycles. The molecule has 15 aromatic rings. The molecule has 10 heterocycles. The summed E-state index contributed by atoms with van der Waals surface area (Å²) in [5, 5.41) is 13.9. The van der Waals surface area contributed by atoms with Gasteiger partial charge in [-0.2, -0.15) is 22.8 Å². The van der Waals surface area contributed by atoms with Crippen LogP contribution in [0, 0.1) is 90.0 Å². The van der Waals surface area contributed by atoms with Crippen molar-refractivity contribution in [2.75, 3.05) is 0 Å². The SMILES string of the molecule is CCc1cc(CC)c(C)c(-c2c3ccc(C4CC[Si](C)(C)CC4)cc3cc(C)[n+]2C)c1.CCc1ccc(C)c(-c2c3ccc(C4CC[Si](C)(C)CC4)cc3cc(C)[n+]2C)c1.Cc1cc(C)c(C)c(-c2c3ccc(C4CC[Si](C)(C)CC4)cc3cc(C)[n+]2C)c1.Cc1ccc(C)c(-c2c3ccc(C4CC[Si](C)(C)CC4)cc3cc(C)[n+]2C)c1.Cc1ccccc1-c1c2ccc(C3CC[Si](C)(C)CC3)cc2cc(C)[n+]1C. The minimum Gasteiger partial charge on any atom is -0.198 e. The van der Waals surface area contributed by atoms with Gasteiger partial charge in [-0.05, 0) is 334 Å². The van der Waals surface area contributed by atoms with E-state index in [-0.39, 0.29) is 0 Å². The summed E-state index contributed by atoms with van der Waals surface area (Å²) in [5.74, 6) is 3.76. The maximum Gasteiger partial charge on any atom is 0.220 e. The van der Waals surface area contributed by atoms with E-state index >= 15 is 0 Å². The van der Waals surface area contributed by atoms with Crippen molar-refractivity contribution in [3.8, 4) is 56.3 Å². The van der Waals surface area contributed by atoms with Crippen molar-refractivity contribution in [3.63, 3.8) is 0 Å². The number of hydrogen-bond acceptors (Lipinski definition) is 0. The van der Waals surface area contributed by atoms with Gasteiger partial charge in [0.25, 0.3) is 0 Å². The van der Waals surface area contributed by atoms with Crippen LogP contribution in [0.15, 0.2) is 206 Å². The summed E-state index contributed by atoms with van der Waals surface area (Å²) in [4.78, 5) is 0. The van der Waals surface area contributed by atoms with Crippen molar-refractivity contribution in [3.05, 3.63) is 324 Å². The minimum absolute atomic E-state index is 0.750. The molecule has 0 bridgehead atoms. The van der Waals surface area contributed by atoms with E-state index in [1.807, 2.05) is 0 Å². The molecule has 5 aromatic heterocycles. The summed E-state index contributed by atoms with van der Waals surface area (Å²) in [5.41, 5.74) is 43.2. The van der Waals surface area contributed by atoms with E-state index in [4.69, 9.17) is 0 Å². The molecular weight excluding hydrogens is 1820 g/mol. The molecule has 5 fully saturated rings. The lowest BCUT2D eigenvalue weighted by atomic mass is 9.89. The van der Waals surface area contributed by atoms with Gasteiger partial charge in [0, 0.05) is 122 Å². The van der Waals surface area contributed by atoms with Crippen LogP contribution in [-0.4, -0.2) is 40.4 Å². The predicted octanol–water partition coefficient (Wildman–Crippen LogP) is 35.3.